The number of thiophene rings is 1. The average Bonchev–Trinajstić information content (AvgIpc) is 2.78. The quantitative estimate of drug-likeness (QED) is 0.727. The number of hydrogen-bond donors (Lipinski definition) is 1. The molecule has 1 aromatic heterocycles. The summed E-state index contributed by atoms with van der Waals surface area (Å²) in [6, 6.07) is 11.5. The number of rotatable bonds is 6. The summed E-state index contributed by atoms with van der Waals surface area (Å²) >= 11 is 1.93. The van der Waals surface area contributed by atoms with Crippen LogP contribution in [0.5, 0.6) is 0 Å². The summed E-state index contributed by atoms with van der Waals surface area (Å²) in [6.45, 7) is 2.26. The van der Waals surface area contributed by atoms with Crippen LogP contribution in [0.4, 0.5) is 0 Å². The van der Waals surface area contributed by atoms with E-state index in [0.29, 0.717) is 6.04 Å². The Morgan fingerprint density at radius 3 is 2.76 bits per heavy atom. The third-order valence-electron chi connectivity index (χ3n) is 3.23. The summed E-state index contributed by atoms with van der Waals surface area (Å²) < 4.78 is 1.40. The van der Waals surface area contributed by atoms with Crippen LogP contribution in [0.25, 0.3) is 10.1 Å². The Morgan fingerprint density at radius 1 is 1.24 bits per heavy atom. The van der Waals surface area contributed by atoms with Gasteiger partial charge in [-0.2, -0.15) is 0 Å². The predicted molar refractivity (Wildman–Crippen MR) is 77.8 cm³/mol. The van der Waals surface area contributed by atoms with E-state index in [9.17, 15) is 0 Å². The normalized spacial score (nSPS) is 13.1. The van der Waals surface area contributed by atoms with Gasteiger partial charge in [-0.1, -0.05) is 44.4 Å². The van der Waals surface area contributed by atoms with E-state index in [2.05, 4.69) is 49.6 Å². The van der Waals surface area contributed by atoms with Gasteiger partial charge in [-0.25, -0.2) is 0 Å². The van der Waals surface area contributed by atoms with Gasteiger partial charge in [0, 0.05) is 15.6 Å². The maximum absolute atomic E-state index is 3.45. The highest BCUT2D eigenvalue weighted by Gasteiger charge is 2.11. The standard InChI is InChI=1S/C15H21NS/c1-3-4-5-9-13(16-2)15-11-12-8-6-7-10-14(12)17-15/h6-8,10-11,13,16H,3-5,9H2,1-2H3. The molecular formula is C15H21NS. The second kappa shape index (κ2) is 6.18. The molecule has 0 aliphatic heterocycles. The van der Waals surface area contributed by atoms with Crippen molar-refractivity contribution in [1.82, 2.24) is 5.32 Å². The van der Waals surface area contributed by atoms with Gasteiger partial charge in [-0.3, -0.25) is 0 Å². The van der Waals surface area contributed by atoms with Gasteiger partial charge in [-0.05, 0) is 31.0 Å². The Hall–Kier alpha value is -0.860. The predicted octanol–water partition coefficient (Wildman–Crippen LogP) is 4.74. The lowest BCUT2D eigenvalue weighted by atomic mass is 10.1. The maximum atomic E-state index is 3.45. The van der Waals surface area contributed by atoms with Crippen molar-refractivity contribution in [1.29, 1.82) is 0 Å². The van der Waals surface area contributed by atoms with Gasteiger partial charge in [0.1, 0.15) is 0 Å². The Labute approximate surface area is 108 Å². The molecule has 2 aromatic rings. The van der Waals surface area contributed by atoms with Crippen LogP contribution in [0, 0.1) is 0 Å². The Kier molecular flexibility index (Phi) is 4.57. The molecule has 0 aliphatic rings. The summed E-state index contributed by atoms with van der Waals surface area (Å²) in [6.07, 6.45) is 5.19. The molecule has 0 fully saturated rings. The highest BCUT2D eigenvalue weighted by Crippen LogP contribution is 2.31. The molecule has 0 radical (unpaired) electrons. The largest absolute Gasteiger partial charge is 0.312 e. The van der Waals surface area contributed by atoms with Crippen LogP contribution in [-0.4, -0.2) is 7.05 Å². The van der Waals surface area contributed by atoms with E-state index in [0.717, 1.165) is 0 Å². The van der Waals surface area contributed by atoms with E-state index in [4.69, 9.17) is 0 Å². The van der Waals surface area contributed by atoms with Gasteiger partial charge in [-0.15, -0.1) is 11.3 Å². The molecule has 1 heterocycles. The van der Waals surface area contributed by atoms with Gasteiger partial charge >= 0.3 is 0 Å². The van der Waals surface area contributed by atoms with Gasteiger partial charge in [0.2, 0.25) is 0 Å². The highest BCUT2D eigenvalue weighted by atomic mass is 32.1. The first-order chi connectivity index (χ1) is 8.35. The van der Waals surface area contributed by atoms with E-state index in [1.807, 2.05) is 11.3 Å². The first-order valence-electron chi connectivity index (χ1n) is 6.51. The van der Waals surface area contributed by atoms with E-state index in [-0.39, 0.29) is 0 Å². The molecule has 0 spiro atoms. The van der Waals surface area contributed by atoms with Crippen molar-refractivity contribution in [2.75, 3.05) is 7.05 Å². The van der Waals surface area contributed by atoms with Crippen molar-refractivity contribution in [2.45, 2.75) is 38.6 Å². The zero-order valence-electron chi connectivity index (χ0n) is 10.7. The van der Waals surface area contributed by atoms with Crippen molar-refractivity contribution in [3.8, 4) is 0 Å². The molecule has 0 amide bonds. The van der Waals surface area contributed by atoms with Crippen LogP contribution in [0.1, 0.15) is 43.5 Å². The second-order valence-electron chi connectivity index (χ2n) is 4.52. The summed E-state index contributed by atoms with van der Waals surface area (Å²) in [5.41, 5.74) is 0. The minimum atomic E-state index is 0.527. The molecule has 2 heteroatoms. The number of fused-ring (bicyclic) bond motifs is 1. The van der Waals surface area contributed by atoms with E-state index in [1.54, 1.807) is 0 Å². The number of nitrogens with one attached hydrogen (secondary N) is 1. The minimum Gasteiger partial charge on any atom is -0.312 e. The van der Waals surface area contributed by atoms with E-state index < -0.39 is 0 Å². The minimum absolute atomic E-state index is 0.527. The van der Waals surface area contributed by atoms with Crippen LogP contribution in [0.15, 0.2) is 30.3 Å². The van der Waals surface area contributed by atoms with E-state index in [1.165, 1.54) is 40.6 Å². The third-order valence-corrected chi connectivity index (χ3v) is 4.46. The fourth-order valence-corrected chi connectivity index (χ4v) is 3.41. The SMILES string of the molecule is CCCCCC(NC)c1cc2ccccc2s1. The molecule has 1 N–H and O–H groups in total. The van der Waals surface area contributed by atoms with Crippen LogP contribution < -0.4 is 5.32 Å². The molecule has 1 nitrogen and oxygen atoms in total. The fraction of sp³-hybridized carbons (Fsp3) is 0.467. The molecule has 17 heavy (non-hydrogen) atoms. The van der Waals surface area contributed by atoms with Crippen molar-refractivity contribution >= 4 is 21.4 Å². The van der Waals surface area contributed by atoms with E-state index >= 15 is 0 Å². The third kappa shape index (κ3) is 3.08. The Morgan fingerprint density at radius 2 is 2.06 bits per heavy atom. The van der Waals surface area contributed by atoms with Crippen LogP contribution in [0.3, 0.4) is 0 Å². The summed E-state index contributed by atoms with van der Waals surface area (Å²) in [5.74, 6) is 0. The molecule has 0 saturated heterocycles. The molecular weight excluding hydrogens is 226 g/mol. The fourth-order valence-electron chi connectivity index (χ4n) is 2.20. The molecule has 1 unspecified atom stereocenters. The van der Waals surface area contributed by atoms with Crippen LogP contribution in [0.2, 0.25) is 0 Å². The lowest BCUT2D eigenvalue weighted by Crippen LogP contribution is -2.14. The zero-order chi connectivity index (χ0) is 12.1. The first kappa shape index (κ1) is 12.6. The summed E-state index contributed by atoms with van der Waals surface area (Å²) in [4.78, 5) is 1.48. The van der Waals surface area contributed by atoms with Gasteiger partial charge < -0.3 is 5.32 Å². The molecule has 0 saturated carbocycles. The van der Waals surface area contributed by atoms with Crippen molar-refractivity contribution in [3.05, 3.63) is 35.2 Å². The monoisotopic (exact) mass is 247 g/mol. The van der Waals surface area contributed by atoms with Gasteiger partial charge in [0.25, 0.3) is 0 Å². The van der Waals surface area contributed by atoms with Crippen LogP contribution in [-0.2, 0) is 0 Å². The Balaban J connectivity index is 2.12. The smallest absolute Gasteiger partial charge is 0.0412 e. The summed E-state index contributed by atoms with van der Waals surface area (Å²) in [5, 5.41) is 4.83. The topological polar surface area (TPSA) is 12.0 Å². The average molecular weight is 247 g/mol. The molecule has 2 rings (SSSR count). The second-order valence-corrected chi connectivity index (χ2v) is 5.64. The first-order valence-corrected chi connectivity index (χ1v) is 7.32. The molecule has 1 aromatic carbocycles. The lowest BCUT2D eigenvalue weighted by Gasteiger charge is -2.13. The zero-order valence-corrected chi connectivity index (χ0v) is 11.5. The Bertz CT molecular complexity index is 428. The molecule has 0 aliphatic carbocycles. The lowest BCUT2D eigenvalue weighted by molar-refractivity contribution is 0.519. The molecule has 1 atom stereocenters. The van der Waals surface area contributed by atoms with Crippen LogP contribution >= 0.6 is 11.3 Å². The molecule has 92 valence electrons. The van der Waals surface area contributed by atoms with Crippen molar-refractivity contribution in [3.63, 3.8) is 0 Å². The van der Waals surface area contributed by atoms with Crippen molar-refractivity contribution in [2.24, 2.45) is 0 Å². The number of benzene rings is 1. The molecule has 0 bridgehead atoms. The van der Waals surface area contributed by atoms with Gasteiger partial charge in [0.05, 0.1) is 0 Å². The maximum Gasteiger partial charge on any atom is 0.0412 e. The van der Waals surface area contributed by atoms with Gasteiger partial charge in [0.15, 0.2) is 0 Å². The highest BCUT2D eigenvalue weighted by molar-refractivity contribution is 7.19. The summed E-state index contributed by atoms with van der Waals surface area (Å²) in [7, 11) is 2.07. The number of hydrogen-bond acceptors (Lipinski definition) is 2. The van der Waals surface area contributed by atoms with Crippen molar-refractivity contribution < 1.29 is 0 Å². The number of unbranched alkanes of at least 4 members (excludes halogenated alkanes) is 2.